The fraction of sp³-hybridized carbons (Fsp3) is 0.500. The number of aliphatic hydroxyl groups excluding tert-OH is 1. The monoisotopic (exact) mass is 264 g/mol. The van der Waals surface area contributed by atoms with Crippen LogP contribution in [0.4, 0.5) is 0 Å². The fourth-order valence-corrected chi connectivity index (χ4v) is 2.85. The highest BCUT2D eigenvalue weighted by molar-refractivity contribution is 7.17. The molecule has 0 bridgehead atoms. The van der Waals surface area contributed by atoms with E-state index < -0.39 is 0 Å². The largest absolute Gasteiger partial charge is 0.396 e. The second kappa shape index (κ2) is 6.27. The van der Waals surface area contributed by atoms with E-state index in [1.807, 2.05) is 12.3 Å². The Morgan fingerprint density at radius 1 is 1.44 bits per heavy atom. The normalized spacial score (nSPS) is 13.3. The molecule has 0 aromatic carbocycles. The van der Waals surface area contributed by atoms with Gasteiger partial charge in [-0.1, -0.05) is 13.8 Å². The standard InChI is InChI=1S/C14H20N2OS/c1-10(2)12(3-5-17)15-8-11-7-14-13(16-9-11)4-6-18-14/h4,6-7,9-10,12,15,17H,3,5,8H2,1-2H3. The van der Waals surface area contributed by atoms with E-state index in [1.54, 1.807) is 11.3 Å². The number of fused-ring (bicyclic) bond motifs is 1. The van der Waals surface area contributed by atoms with Gasteiger partial charge in [-0.05, 0) is 35.4 Å². The fourth-order valence-electron chi connectivity index (χ4n) is 2.04. The molecule has 3 nitrogen and oxygen atoms in total. The lowest BCUT2D eigenvalue weighted by Crippen LogP contribution is -2.34. The molecule has 98 valence electrons. The number of aromatic nitrogens is 1. The van der Waals surface area contributed by atoms with Gasteiger partial charge >= 0.3 is 0 Å². The number of aliphatic hydroxyl groups is 1. The molecule has 18 heavy (non-hydrogen) atoms. The Labute approximate surface area is 112 Å². The molecule has 2 aromatic rings. The van der Waals surface area contributed by atoms with Gasteiger partial charge in [0.15, 0.2) is 0 Å². The van der Waals surface area contributed by atoms with Crippen LogP contribution >= 0.6 is 11.3 Å². The second-order valence-corrected chi connectivity index (χ2v) is 5.84. The minimum absolute atomic E-state index is 0.234. The lowest BCUT2D eigenvalue weighted by Gasteiger charge is -2.21. The Morgan fingerprint density at radius 3 is 3.00 bits per heavy atom. The Morgan fingerprint density at radius 2 is 2.28 bits per heavy atom. The SMILES string of the molecule is CC(C)C(CCO)NCc1cnc2ccsc2c1. The Hall–Kier alpha value is -0.970. The van der Waals surface area contributed by atoms with Crippen molar-refractivity contribution in [3.8, 4) is 0 Å². The molecule has 1 unspecified atom stereocenters. The summed E-state index contributed by atoms with van der Waals surface area (Å²) >= 11 is 1.72. The van der Waals surface area contributed by atoms with Crippen molar-refractivity contribution < 1.29 is 5.11 Å². The van der Waals surface area contributed by atoms with E-state index >= 15 is 0 Å². The number of thiophene rings is 1. The average molecular weight is 264 g/mol. The van der Waals surface area contributed by atoms with E-state index in [1.165, 1.54) is 10.3 Å². The highest BCUT2D eigenvalue weighted by Gasteiger charge is 2.12. The molecule has 0 saturated carbocycles. The topological polar surface area (TPSA) is 45.1 Å². The molecule has 2 aromatic heterocycles. The summed E-state index contributed by atoms with van der Waals surface area (Å²) < 4.78 is 1.23. The molecule has 0 aliphatic carbocycles. The van der Waals surface area contributed by atoms with Crippen LogP contribution in [0.3, 0.4) is 0 Å². The van der Waals surface area contributed by atoms with Gasteiger partial charge in [-0.15, -0.1) is 11.3 Å². The molecule has 0 aliphatic heterocycles. The minimum Gasteiger partial charge on any atom is -0.396 e. The quantitative estimate of drug-likeness (QED) is 0.843. The number of pyridine rings is 1. The van der Waals surface area contributed by atoms with Crippen molar-refractivity contribution in [3.63, 3.8) is 0 Å². The molecule has 0 spiro atoms. The zero-order chi connectivity index (χ0) is 13.0. The molecule has 2 rings (SSSR count). The summed E-state index contributed by atoms with van der Waals surface area (Å²) in [6.07, 6.45) is 2.73. The third-order valence-electron chi connectivity index (χ3n) is 3.17. The number of hydrogen-bond acceptors (Lipinski definition) is 4. The molecule has 4 heteroatoms. The van der Waals surface area contributed by atoms with Crippen molar-refractivity contribution in [1.82, 2.24) is 10.3 Å². The van der Waals surface area contributed by atoms with Gasteiger partial charge in [0, 0.05) is 25.4 Å². The van der Waals surface area contributed by atoms with Gasteiger partial charge in [0.2, 0.25) is 0 Å². The van der Waals surface area contributed by atoms with Crippen molar-refractivity contribution in [1.29, 1.82) is 0 Å². The van der Waals surface area contributed by atoms with Crippen LogP contribution in [0.25, 0.3) is 10.2 Å². The van der Waals surface area contributed by atoms with E-state index in [-0.39, 0.29) is 6.61 Å². The van der Waals surface area contributed by atoms with Gasteiger partial charge < -0.3 is 10.4 Å². The summed E-state index contributed by atoms with van der Waals surface area (Å²) in [4.78, 5) is 4.43. The summed E-state index contributed by atoms with van der Waals surface area (Å²) in [6, 6.07) is 4.59. The molecule has 1 atom stereocenters. The van der Waals surface area contributed by atoms with E-state index in [2.05, 4.69) is 35.6 Å². The summed E-state index contributed by atoms with van der Waals surface area (Å²) in [6.45, 7) is 5.39. The highest BCUT2D eigenvalue weighted by atomic mass is 32.1. The maximum absolute atomic E-state index is 9.05. The van der Waals surface area contributed by atoms with Crippen LogP contribution in [0.1, 0.15) is 25.8 Å². The van der Waals surface area contributed by atoms with Crippen molar-refractivity contribution >= 4 is 21.6 Å². The first-order valence-electron chi connectivity index (χ1n) is 6.37. The smallest absolute Gasteiger partial charge is 0.0809 e. The molecule has 0 amide bonds. The Bertz CT molecular complexity index is 495. The Balaban J connectivity index is 1.99. The Kier molecular flexibility index (Phi) is 4.69. The predicted molar refractivity (Wildman–Crippen MR) is 76.8 cm³/mol. The molecule has 2 N–H and O–H groups in total. The number of rotatable bonds is 6. The molecule has 2 heterocycles. The molecule has 0 aliphatic rings. The van der Waals surface area contributed by atoms with Crippen LogP contribution in [0.2, 0.25) is 0 Å². The van der Waals surface area contributed by atoms with Crippen LogP contribution in [0.15, 0.2) is 23.7 Å². The van der Waals surface area contributed by atoms with Crippen molar-refractivity contribution in [3.05, 3.63) is 29.3 Å². The third kappa shape index (κ3) is 3.28. The number of nitrogens with one attached hydrogen (secondary N) is 1. The summed E-state index contributed by atoms with van der Waals surface area (Å²) in [5, 5.41) is 14.6. The van der Waals surface area contributed by atoms with E-state index in [0.717, 1.165) is 18.5 Å². The second-order valence-electron chi connectivity index (χ2n) is 4.89. The highest BCUT2D eigenvalue weighted by Crippen LogP contribution is 2.19. The zero-order valence-electron chi connectivity index (χ0n) is 10.9. The van der Waals surface area contributed by atoms with E-state index in [0.29, 0.717) is 12.0 Å². The van der Waals surface area contributed by atoms with Crippen LogP contribution < -0.4 is 5.32 Å². The van der Waals surface area contributed by atoms with Crippen molar-refractivity contribution in [2.45, 2.75) is 32.9 Å². The van der Waals surface area contributed by atoms with Gasteiger partial charge in [0.25, 0.3) is 0 Å². The number of hydrogen-bond donors (Lipinski definition) is 2. The summed E-state index contributed by atoms with van der Waals surface area (Å²) in [7, 11) is 0. The van der Waals surface area contributed by atoms with E-state index in [9.17, 15) is 0 Å². The number of nitrogens with zero attached hydrogens (tertiary/aromatic N) is 1. The first-order chi connectivity index (χ1) is 8.70. The molecule has 0 radical (unpaired) electrons. The lowest BCUT2D eigenvalue weighted by atomic mass is 10.0. The zero-order valence-corrected chi connectivity index (χ0v) is 11.7. The molecule has 0 saturated heterocycles. The molecular formula is C14H20N2OS. The first-order valence-corrected chi connectivity index (χ1v) is 7.25. The molecule has 0 fully saturated rings. The van der Waals surface area contributed by atoms with Gasteiger partial charge in [0.05, 0.1) is 10.2 Å². The maximum atomic E-state index is 9.05. The van der Waals surface area contributed by atoms with Gasteiger partial charge in [-0.3, -0.25) is 4.98 Å². The first kappa shape index (κ1) is 13.5. The van der Waals surface area contributed by atoms with Crippen LogP contribution in [0.5, 0.6) is 0 Å². The van der Waals surface area contributed by atoms with Crippen LogP contribution in [0, 0.1) is 5.92 Å². The third-order valence-corrected chi connectivity index (χ3v) is 4.03. The van der Waals surface area contributed by atoms with Gasteiger partial charge in [0.1, 0.15) is 0 Å². The van der Waals surface area contributed by atoms with Crippen LogP contribution in [-0.2, 0) is 6.54 Å². The summed E-state index contributed by atoms with van der Waals surface area (Å²) in [5.41, 5.74) is 2.27. The van der Waals surface area contributed by atoms with E-state index in [4.69, 9.17) is 5.11 Å². The van der Waals surface area contributed by atoms with Gasteiger partial charge in [-0.2, -0.15) is 0 Å². The van der Waals surface area contributed by atoms with Gasteiger partial charge in [-0.25, -0.2) is 0 Å². The molecular weight excluding hydrogens is 244 g/mol. The summed E-state index contributed by atoms with van der Waals surface area (Å²) in [5.74, 6) is 0.524. The minimum atomic E-state index is 0.234. The average Bonchev–Trinajstić information content (AvgIpc) is 2.81. The maximum Gasteiger partial charge on any atom is 0.0809 e. The predicted octanol–water partition coefficient (Wildman–Crippen LogP) is 2.79. The van der Waals surface area contributed by atoms with Crippen molar-refractivity contribution in [2.75, 3.05) is 6.61 Å². The lowest BCUT2D eigenvalue weighted by molar-refractivity contribution is 0.244. The van der Waals surface area contributed by atoms with Crippen molar-refractivity contribution in [2.24, 2.45) is 5.92 Å². The van der Waals surface area contributed by atoms with Crippen LogP contribution in [-0.4, -0.2) is 22.7 Å².